The quantitative estimate of drug-likeness (QED) is 0.908. The van der Waals surface area contributed by atoms with Crippen LogP contribution in [0.5, 0.6) is 17.6 Å². The van der Waals surface area contributed by atoms with Crippen molar-refractivity contribution in [3.63, 3.8) is 0 Å². The first-order valence-electron chi connectivity index (χ1n) is 5.49. The van der Waals surface area contributed by atoms with Crippen molar-refractivity contribution in [3.05, 3.63) is 41.6 Å². The van der Waals surface area contributed by atoms with Gasteiger partial charge in [-0.25, -0.2) is 9.78 Å². The minimum atomic E-state index is -1.07. The second-order valence-electron chi connectivity index (χ2n) is 3.74. The summed E-state index contributed by atoms with van der Waals surface area (Å²) < 4.78 is 10.4. The maximum absolute atomic E-state index is 11.1. The lowest BCUT2D eigenvalue weighted by Gasteiger charge is -2.10. The van der Waals surface area contributed by atoms with Crippen molar-refractivity contribution in [2.45, 2.75) is 6.92 Å². The Kier molecular flexibility index (Phi) is 3.61. The third-order valence-electron chi connectivity index (χ3n) is 2.45. The molecule has 0 fully saturated rings. The fraction of sp³-hybridized carbons (Fsp3) is 0.154. The zero-order chi connectivity index (χ0) is 13.8. The number of ether oxygens (including phenoxy) is 2. The van der Waals surface area contributed by atoms with E-state index in [1.165, 1.54) is 19.4 Å². The molecular formula is C13H12N2O4. The van der Waals surface area contributed by atoms with Crippen molar-refractivity contribution >= 4 is 5.97 Å². The van der Waals surface area contributed by atoms with E-state index in [9.17, 15) is 4.79 Å². The van der Waals surface area contributed by atoms with Gasteiger partial charge in [-0.15, -0.1) is 0 Å². The van der Waals surface area contributed by atoms with Crippen LogP contribution < -0.4 is 9.47 Å². The van der Waals surface area contributed by atoms with E-state index < -0.39 is 5.97 Å². The number of carbonyl (C=O) groups is 1. The van der Waals surface area contributed by atoms with Crippen molar-refractivity contribution in [1.29, 1.82) is 0 Å². The van der Waals surface area contributed by atoms with E-state index in [2.05, 4.69) is 9.97 Å². The van der Waals surface area contributed by atoms with E-state index in [-0.39, 0.29) is 17.3 Å². The summed E-state index contributed by atoms with van der Waals surface area (Å²) >= 11 is 0. The van der Waals surface area contributed by atoms with E-state index >= 15 is 0 Å². The van der Waals surface area contributed by atoms with E-state index in [4.69, 9.17) is 14.6 Å². The Morgan fingerprint density at radius 1 is 1.32 bits per heavy atom. The van der Waals surface area contributed by atoms with Crippen molar-refractivity contribution in [2.75, 3.05) is 7.11 Å². The smallest absolute Gasteiger partial charge is 0.339 e. The number of aromatic carboxylic acids is 1. The number of aryl methyl sites for hydroxylation is 1. The number of aromatic nitrogens is 2. The van der Waals surface area contributed by atoms with Gasteiger partial charge in [0.2, 0.25) is 5.88 Å². The normalized spacial score (nSPS) is 10.0. The molecule has 19 heavy (non-hydrogen) atoms. The first kappa shape index (κ1) is 12.8. The summed E-state index contributed by atoms with van der Waals surface area (Å²) in [6, 6.07) is 6.48. The topological polar surface area (TPSA) is 81.5 Å². The lowest BCUT2D eigenvalue weighted by molar-refractivity contribution is 0.0694. The molecule has 0 saturated carbocycles. The summed E-state index contributed by atoms with van der Waals surface area (Å²) in [5.41, 5.74) is 0.748. The summed E-state index contributed by atoms with van der Waals surface area (Å²) in [4.78, 5) is 19.0. The van der Waals surface area contributed by atoms with Crippen LogP contribution in [0.4, 0.5) is 0 Å². The number of methoxy groups -OCH3 is 1. The second-order valence-corrected chi connectivity index (χ2v) is 3.74. The van der Waals surface area contributed by atoms with Crippen LogP contribution in [-0.2, 0) is 0 Å². The van der Waals surface area contributed by atoms with Gasteiger partial charge in [0.25, 0.3) is 0 Å². The average Bonchev–Trinajstić information content (AvgIpc) is 2.41. The molecular weight excluding hydrogens is 248 g/mol. The Balaban J connectivity index is 2.40. The van der Waals surface area contributed by atoms with Crippen molar-refractivity contribution < 1.29 is 19.4 Å². The third-order valence-corrected chi connectivity index (χ3v) is 2.45. The van der Waals surface area contributed by atoms with Crippen LogP contribution in [0.1, 0.15) is 15.9 Å². The molecule has 98 valence electrons. The van der Waals surface area contributed by atoms with Gasteiger partial charge in [-0.2, -0.15) is 4.98 Å². The lowest BCUT2D eigenvalue weighted by Crippen LogP contribution is -2.03. The van der Waals surface area contributed by atoms with Gasteiger partial charge < -0.3 is 14.6 Å². The van der Waals surface area contributed by atoms with Gasteiger partial charge in [-0.1, -0.05) is 12.1 Å². The molecule has 1 aromatic heterocycles. The molecule has 0 saturated heterocycles. The van der Waals surface area contributed by atoms with Gasteiger partial charge in [0, 0.05) is 12.3 Å². The number of hydrogen-bond donors (Lipinski definition) is 1. The molecule has 2 aromatic rings. The zero-order valence-corrected chi connectivity index (χ0v) is 10.5. The monoisotopic (exact) mass is 260 g/mol. The first-order valence-corrected chi connectivity index (χ1v) is 5.49. The Morgan fingerprint density at radius 2 is 2.11 bits per heavy atom. The summed E-state index contributed by atoms with van der Waals surface area (Å²) in [5, 5.41) is 9.12. The van der Waals surface area contributed by atoms with Crippen LogP contribution in [0.2, 0.25) is 0 Å². The highest BCUT2D eigenvalue weighted by Gasteiger charge is 2.15. The summed E-state index contributed by atoms with van der Waals surface area (Å²) in [7, 11) is 1.47. The molecule has 6 nitrogen and oxygen atoms in total. The first-order chi connectivity index (χ1) is 9.11. The molecule has 0 aliphatic heterocycles. The number of nitrogens with zero attached hydrogens (tertiary/aromatic N) is 2. The van der Waals surface area contributed by atoms with Crippen molar-refractivity contribution in [2.24, 2.45) is 0 Å². The van der Waals surface area contributed by atoms with Crippen LogP contribution in [0, 0.1) is 6.92 Å². The van der Waals surface area contributed by atoms with E-state index in [1.54, 1.807) is 25.1 Å². The van der Waals surface area contributed by atoms with Gasteiger partial charge in [-0.05, 0) is 18.6 Å². The molecule has 6 heteroatoms. The highest BCUT2D eigenvalue weighted by atomic mass is 16.5. The molecule has 1 aromatic carbocycles. The number of carboxylic acids is 1. The minimum Gasteiger partial charge on any atom is -0.481 e. The van der Waals surface area contributed by atoms with E-state index in [0.29, 0.717) is 11.4 Å². The zero-order valence-electron chi connectivity index (χ0n) is 10.5. The number of rotatable bonds is 4. The summed E-state index contributed by atoms with van der Waals surface area (Å²) in [5.74, 6) is -0.500. The maximum atomic E-state index is 11.1. The van der Waals surface area contributed by atoms with Crippen LogP contribution in [0.3, 0.4) is 0 Å². The van der Waals surface area contributed by atoms with E-state index in [1.807, 2.05) is 0 Å². The Hall–Kier alpha value is -2.63. The van der Waals surface area contributed by atoms with Gasteiger partial charge in [0.15, 0.2) is 0 Å². The largest absolute Gasteiger partial charge is 0.481 e. The molecule has 0 atom stereocenters. The predicted octanol–water partition coefficient (Wildman–Crippen LogP) is 2.28. The van der Waals surface area contributed by atoms with Crippen LogP contribution >= 0.6 is 0 Å². The predicted molar refractivity (Wildman–Crippen MR) is 66.8 cm³/mol. The highest BCUT2D eigenvalue weighted by Crippen LogP contribution is 2.27. The molecule has 0 amide bonds. The fourth-order valence-corrected chi connectivity index (χ4v) is 1.54. The number of hydrogen-bond acceptors (Lipinski definition) is 5. The number of carboxylic acid groups (broad SMARTS) is 1. The highest BCUT2D eigenvalue weighted by molar-refractivity contribution is 5.91. The molecule has 0 aliphatic carbocycles. The van der Waals surface area contributed by atoms with Crippen LogP contribution in [0.25, 0.3) is 0 Å². The summed E-state index contributed by atoms with van der Waals surface area (Å²) in [6.07, 6.45) is 1.47. The average molecular weight is 260 g/mol. The number of benzene rings is 1. The molecule has 0 unspecified atom stereocenters. The molecule has 1 N–H and O–H groups in total. The van der Waals surface area contributed by atoms with Crippen molar-refractivity contribution in [1.82, 2.24) is 9.97 Å². The SMILES string of the molecule is COc1ccnc(Oc2c(C)cccc2C(=O)O)n1. The molecule has 0 aliphatic rings. The third kappa shape index (κ3) is 2.79. The molecule has 0 radical (unpaired) electrons. The lowest BCUT2D eigenvalue weighted by atomic mass is 10.1. The Morgan fingerprint density at radius 3 is 2.79 bits per heavy atom. The fourth-order valence-electron chi connectivity index (χ4n) is 1.54. The Labute approximate surface area is 109 Å². The Bertz CT molecular complexity index is 613. The number of para-hydroxylation sites is 1. The summed E-state index contributed by atoms with van der Waals surface area (Å²) in [6.45, 7) is 1.75. The molecule has 0 spiro atoms. The minimum absolute atomic E-state index is 0.0381. The van der Waals surface area contributed by atoms with Crippen molar-refractivity contribution in [3.8, 4) is 17.6 Å². The van der Waals surface area contributed by atoms with Gasteiger partial charge in [0.1, 0.15) is 11.3 Å². The molecule has 2 rings (SSSR count). The van der Waals surface area contributed by atoms with E-state index in [0.717, 1.165) is 0 Å². The van der Waals surface area contributed by atoms with Crippen LogP contribution in [-0.4, -0.2) is 28.2 Å². The maximum Gasteiger partial charge on any atom is 0.339 e. The van der Waals surface area contributed by atoms with Gasteiger partial charge in [-0.3, -0.25) is 0 Å². The molecule has 1 heterocycles. The van der Waals surface area contributed by atoms with Gasteiger partial charge >= 0.3 is 12.0 Å². The molecule has 0 bridgehead atoms. The van der Waals surface area contributed by atoms with Gasteiger partial charge in [0.05, 0.1) is 7.11 Å². The second kappa shape index (κ2) is 5.34. The standard InChI is InChI=1S/C13H12N2O4/c1-8-4-3-5-9(12(16)17)11(8)19-13-14-7-6-10(15-13)18-2/h3-7H,1-2H3,(H,16,17). The van der Waals surface area contributed by atoms with Crippen LogP contribution in [0.15, 0.2) is 30.5 Å².